The molecule has 36 heavy (non-hydrogen) atoms. The first-order chi connectivity index (χ1) is 17.1. The number of hydrogen-bond acceptors (Lipinski definition) is 7. The van der Waals surface area contributed by atoms with E-state index in [0.29, 0.717) is 23.4 Å². The van der Waals surface area contributed by atoms with Gasteiger partial charge in [0.15, 0.2) is 6.61 Å². The molecule has 0 unspecified atom stereocenters. The minimum absolute atomic E-state index is 0.0583. The van der Waals surface area contributed by atoms with E-state index < -0.39 is 30.4 Å². The SMILES string of the molecule is CC(C)COC(=O)c1ccc(NC(=O)CCCC(=O)OCC(=O)NNC(=O)c2ccc(Br)cc2)cc1. The molecular weight excluding hydrogens is 534 g/mol. The smallest absolute Gasteiger partial charge is 0.338 e. The van der Waals surface area contributed by atoms with Crippen molar-refractivity contribution in [3.05, 3.63) is 64.1 Å². The Hall–Kier alpha value is -3.73. The van der Waals surface area contributed by atoms with Crippen molar-refractivity contribution in [2.24, 2.45) is 5.92 Å². The molecular formula is C25H28BrN3O7. The van der Waals surface area contributed by atoms with Crippen molar-refractivity contribution < 1.29 is 33.4 Å². The van der Waals surface area contributed by atoms with Crippen LogP contribution in [0.3, 0.4) is 0 Å². The number of esters is 2. The molecule has 0 saturated carbocycles. The Morgan fingerprint density at radius 2 is 1.44 bits per heavy atom. The number of carbonyl (C=O) groups excluding carboxylic acids is 5. The standard InChI is InChI=1S/C25H28BrN3O7/c1-16(2)14-36-25(34)18-8-12-20(13-9-18)27-21(30)4-3-5-23(32)35-15-22(31)28-29-24(33)17-6-10-19(26)11-7-17/h6-13,16H,3-5,14-15H2,1-2H3,(H,27,30)(H,28,31)(H,29,33). The maximum absolute atomic E-state index is 12.1. The molecule has 192 valence electrons. The Morgan fingerprint density at radius 1 is 0.806 bits per heavy atom. The summed E-state index contributed by atoms with van der Waals surface area (Å²) in [5.74, 6) is -2.39. The topological polar surface area (TPSA) is 140 Å². The Labute approximate surface area is 217 Å². The van der Waals surface area contributed by atoms with Crippen LogP contribution in [0.15, 0.2) is 53.0 Å². The van der Waals surface area contributed by atoms with Gasteiger partial charge >= 0.3 is 11.9 Å². The van der Waals surface area contributed by atoms with Crippen molar-refractivity contribution in [2.45, 2.75) is 33.1 Å². The van der Waals surface area contributed by atoms with Gasteiger partial charge in [-0.25, -0.2) is 4.79 Å². The number of ether oxygens (including phenoxy) is 2. The van der Waals surface area contributed by atoms with E-state index in [1.807, 2.05) is 13.8 Å². The van der Waals surface area contributed by atoms with Crippen molar-refractivity contribution in [1.82, 2.24) is 10.9 Å². The minimum Gasteiger partial charge on any atom is -0.462 e. The van der Waals surface area contributed by atoms with E-state index in [0.717, 1.165) is 4.47 Å². The van der Waals surface area contributed by atoms with Crippen LogP contribution in [-0.4, -0.2) is 42.9 Å². The molecule has 3 amide bonds. The van der Waals surface area contributed by atoms with E-state index in [1.165, 1.54) is 0 Å². The number of nitrogens with one attached hydrogen (secondary N) is 3. The lowest BCUT2D eigenvalue weighted by atomic mass is 10.2. The number of benzene rings is 2. The number of carbonyl (C=O) groups is 5. The number of amides is 3. The van der Waals surface area contributed by atoms with Gasteiger partial charge in [0.25, 0.3) is 11.8 Å². The number of rotatable bonds is 11. The molecule has 0 aliphatic carbocycles. The summed E-state index contributed by atoms with van der Waals surface area (Å²) in [5, 5.41) is 2.68. The highest BCUT2D eigenvalue weighted by Crippen LogP contribution is 2.12. The van der Waals surface area contributed by atoms with Crippen molar-refractivity contribution >= 4 is 51.3 Å². The van der Waals surface area contributed by atoms with Crippen LogP contribution in [0.4, 0.5) is 5.69 Å². The van der Waals surface area contributed by atoms with Gasteiger partial charge in [0, 0.05) is 28.6 Å². The highest BCUT2D eigenvalue weighted by molar-refractivity contribution is 9.10. The number of halogens is 1. The van der Waals surface area contributed by atoms with Crippen LogP contribution in [0.25, 0.3) is 0 Å². The molecule has 0 spiro atoms. The molecule has 0 atom stereocenters. The quantitative estimate of drug-likeness (QED) is 0.282. The number of anilines is 1. The number of hydrogen-bond donors (Lipinski definition) is 3. The van der Waals surface area contributed by atoms with Crippen LogP contribution in [0.1, 0.15) is 53.8 Å². The summed E-state index contributed by atoms with van der Waals surface area (Å²) in [4.78, 5) is 59.5. The summed E-state index contributed by atoms with van der Waals surface area (Å²) in [6.07, 6.45) is 0.210. The number of hydrazine groups is 1. The largest absolute Gasteiger partial charge is 0.462 e. The van der Waals surface area contributed by atoms with Gasteiger partial charge in [-0.2, -0.15) is 0 Å². The first-order valence-electron chi connectivity index (χ1n) is 11.2. The molecule has 0 fully saturated rings. The maximum Gasteiger partial charge on any atom is 0.338 e. The maximum atomic E-state index is 12.1. The summed E-state index contributed by atoms with van der Waals surface area (Å²) in [6.45, 7) is 3.64. The van der Waals surface area contributed by atoms with Gasteiger partial charge in [0.1, 0.15) is 0 Å². The summed E-state index contributed by atoms with van der Waals surface area (Å²) in [5.41, 5.74) is 5.60. The van der Waals surface area contributed by atoms with E-state index in [1.54, 1.807) is 48.5 Å². The molecule has 0 aliphatic heterocycles. The van der Waals surface area contributed by atoms with E-state index in [2.05, 4.69) is 32.1 Å². The third-order valence-corrected chi connectivity index (χ3v) is 5.05. The second-order valence-corrected chi connectivity index (χ2v) is 9.06. The second kappa shape index (κ2) is 14.6. The highest BCUT2D eigenvalue weighted by Gasteiger charge is 2.12. The van der Waals surface area contributed by atoms with Crippen LogP contribution in [0.5, 0.6) is 0 Å². The summed E-state index contributed by atoms with van der Waals surface area (Å²) in [7, 11) is 0. The zero-order valence-corrected chi connectivity index (χ0v) is 21.6. The molecule has 2 aromatic carbocycles. The lowest BCUT2D eigenvalue weighted by Crippen LogP contribution is -2.43. The van der Waals surface area contributed by atoms with Gasteiger partial charge in [-0.1, -0.05) is 29.8 Å². The van der Waals surface area contributed by atoms with Gasteiger partial charge in [-0.15, -0.1) is 0 Å². The molecule has 2 aromatic rings. The third-order valence-electron chi connectivity index (χ3n) is 4.52. The lowest BCUT2D eigenvalue weighted by molar-refractivity contribution is -0.148. The van der Waals surface area contributed by atoms with Crippen LogP contribution in [-0.2, 0) is 23.9 Å². The Morgan fingerprint density at radius 3 is 2.08 bits per heavy atom. The molecule has 0 aliphatic rings. The van der Waals surface area contributed by atoms with Crippen molar-refractivity contribution in [1.29, 1.82) is 0 Å². The van der Waals surface area contributed by atoms with Gasteiger partial charge in [-0.05, 0) is 60.9 Å². The molecule has 0 aromatic heterocycles. The lowest BCUT2D eigenvalue weighted by Gasteiger charge is -2.09. The Kier molecular flexibility index (Phi) is 11.6. The summed E-state index contributed by atoms with van der Waals surface area (Å²) in [6, 6.07) is 12.8. The fraction of sp³-hybridized carbons (Fsp3) is 0.320. The van der Waals surface area contributed by atoms with Gasteiger partial charge in [0.05, 0.1) is 12.2 Å². The zero-order chi connectivity index (χ0) is 26.5. The molecule has 0 bridgehead atoms. The van der Waals surface area contributed by atoms with Gasteiger partial charge < -0.3 is 14.8 Å². The monoisotopic (exact) mass is 561 g/mol. The molecule has 10 nitrogen and oxygen atoms in total. The van der Waals surface area contributed by atoms with Crippen LogP contribution in [0.2, 0.25) is 0 Å². The molecule has 2 rings (SSSR count). The molecule has 0 radical (unpaired) electrons. The van der Waals surface area contributed by atoms with Crippen LogP contribution < -0.4 is 16.2 Å². The molecule has 0 saturated heterocycles. The normalized spacial score (nSPS) is 10.3. The predicted molar refractivity (Wildman–Crippen MR) is 135 cm³/mol. The highest BCUT2D eigenvalue weighted by atomic mass is 79.9. The van der Waals surface area contributed by atoms with Crippen molar-refractivity contribution in [2.75, 3.05) is 18.5 Å². The zero-order valence-electron chi connectivity index (χ0n) is 20.0. The van der Waals surface area contributed by atoms with Crippen molar-refractivity contribution in [3.8, 4) is 0 Å². The van der Waals surface area contributed by atoms with E-state index >= 15 is 0 Å². The van der Waals surface area contributed by atoms with Gasteiger partial charge in [0.2, 0.25) is 5.91 Å². The second-order valence-electron chi connectivity index (χ2n) is 8.14. The van der Waals surface area contributed by atoms with E-state index in [4.69, 9.17) is 9.47 Å². The fourth-order valence-electron chi connectivity index (χ4n) is 2.69. The van der Waals surface area contributed by atoms with E-state index in [9.17, 15) is 24.0 Å². The fourth-order valence-corrected chi connectivity index (χ4v) is 2.95. The molecule has 0 heterocycles. The van der Waals surface area contributed by atoms with Gasteiger partial charge in [-0.3, -0.25) is 30.0 Å². The summed E-state index contributed by atoms with van der Waals surface area (Å²) >= 11 is 3.26. The van der Waals surface area contributed by atoms with E-state index in [-0.39, 0.29) is 31.1 Å². The summed E-state index contributed by atoms with van der Waals surface area (Å²) < 4.78 is 10.8. The first-order valence-corrected chi connectivity index (χ1v) is 12.0. The Balaban J connectivity index is 1.61. The average Bonchev–Trinajstić information content (AvgIpc) is 2.85. The molecule has 3 N–H and O–H groups in total. The van der Waals surface area contributed by atoms with Crippen molar-refractivity contribution in [3.63, 3.8) is 0 Å². The first kappa shape index (κ1) is 28.5. The average molecular weight is 562 g/mol. The van der Waals surface area contributed by atoms with Crippen LogP contribution >= 0.6 is 15.9 Å². The minimum atomic E-state index is -0.705. The predicted octanol–water partition coefficient (Wildman–Crippen LogP) is 3.38. The Bertz CT molecular complexity index is 1070. The third kappa shape index (κ3) is 10.7. The van der Waals surface area contributed by atoms with Crippen LogP contribution in [0, 0.1) is 5.92 Å². The molecule has 11 heteroatoms.